The third kappa shape index (κ3) is 3.57. The molecule has 0 saturated heterocycles. The van der Waals surface area contributed by atoms with Gasteiger partial charge in [-0.3, -0.25) is 4.98 Å². The van der Waals surface area contributed by atoms with Crippen LogP contribution in [0.2, 0.25) is 0 Å². The number of likely N-dealkylation sites (N-methyl/N-ethyl adjacent to an activating group) is 1. The molecule has 0 saturated carbocycles. The Labute approximate surface area is 97.0 Å². The molecule has 0 amide bonds. The number of pyridine rings is 1. The molecule has 1 heterocycles. The molecule has 1 aromatic heterocycles. The average molecular weight is 242 g/mol. The lowest BCUT2D eigenvalue weighted by Crippen LogP contribution is -2.41. The molecule has 2 unspecified atom stereocenters. The van der Waals surface area contributed by atoms with Gasteiger partial charge in [0.1, 0.15) is 0 Å². The Morgan fingerprint density at radius 3 is 2.62 bits per heavy atom. The molecule has 1 rings (SSSR count). The fraction of sp³-hybridized carbons (Fsp3) is 0.545. The number of aromatic nitrogens is 1. The van der Waals surface area contributed by atoms with Crippen molar-refractivity contribution in [2.75, 3.05) is 13.3 Å². The van der Waals surface area contributed by atoms with Crippen LogP contribution in [-0.4, -0.2) is 38.0 Å². The minimum atomic E-state index is -3.02. The highest BCUT2D eigenvalue weighted by molar-refractivity contribution is 7.91. The van der Waals surface area contributed by atoms with Crippen LogP contribution in [0.1, 0.15) is 12.5 Å². The van der Waals surface area contributed by atoms with Crippen LogP contribution in [0.3, 0.4) is 0 Å². The van der Waals surface area contributed by atoms with Gasteiger partial charge in [0.2, 0.25) is 0 Å². The second-order valence-corrected chi connectivity index (χ2v) is 6.40. The number of rotatable bonds is 5. The number of nitrogens with one attached hydrogen (secondary N) is 1. The van der Waals surface area contributed by atoms with Crippen molar-refractivity contribution < 1.29 is 8.42 Å². The fourth-order valence-electron chi connectivity index (χ4n) is 1.57. The maximum atomic E-state index is 11.5. The molecule has 16 heavy (non-hydrogen) atoms. The summed E-state index contributed by atoms with van der Waals surface area (Å²) < 4.78 is 22.9. The van der Waals surface area contributed by atoms with E-state index in [1.54, 1.807) is 26.4 Å². The quantitative estimate of drug-likeness (QED) is 0.823. The molecule has 0 spiro atoms. The van der Waals surface area contributed by atoms with E-state index < -0.39 is 15.1 Å². The molecular formula is C11H18N2O2S. The second kappa shape index (κ2) is 5.41. The Balaban J connectivity index is 2.77. The third-order valence-corrected chi connectivity index (χ3v) is 4.47. The van der Waals surface area contributed by atoms with Crippen LogP contribution < -0.4 is 5.32 Å². The summed E-state index contributed by atoms with van der Waals surface area (Å²) in [5, 5.41) is 2.65. The normalized spacial score (nSPS) is 15.7. The lowest BCUT2D eigenvalue weighted by atomic mass is 10.1. The fourth-order valence-corrected chi connectivity index (χ4v) is 2.40. The van der Waals surface area contributed by atoms with E-state index in [0.717, 1.165) is 5.56 Å². The maximum absolute atomic E-state index is 11.5. The molecule has 0 aliphatic heterocycles. The molecule has 1 N–H and O–H groups in total. The van der Waals surface area contributed by atoms with Crippen molar-refractivity contribution in [2.45, 2.75) is 24.6 Å². The van der Waals surface area contributed by atoms with E-state index in [9.17, 15) is 8.42 Å². The molecule has 5 heteroatoms. The topological polar surface area (TPSA) is 59.1 Å². The van der Waals surface area contributed by atoms with E-state index in [2.05, 4.69) is 10.3 Å². The van der Waals surface area contributed by atoms with Crippen LogP contribution in [0, 0.1) is 0 Å². The lowest BCUT2D eigenvalue weighted by Gasteiger charge is -2.22. The van der Waals surface area contributed by atoms with Crippen molar-refractivity contribution in [2.24, 2.45) is 0 Å². The lowest BCUT2D eigenvalue weighted by molar-refractivity contribution is 0.516. The van der Waals surface area contributed by atoms with Crippen LogP contribution in [0.25, 0.3) is 0 Å². The van der Waals surface area contributed by atoms with Crippen molar-refractivity contribution in [3.8, 4) is 0 Å². The van der Waals surface area contributed by atoms with Crippen LogP contribution in [0.5, 0.6) is 0 Å². The zero-order chi connectivity index (χ0) is 12.2. The molecule has 0 bridgehead atoms. The summed E-state index contributed by atoms with van der Waals surface area (Å²) >= 11 is 0. The first-order chi connectivity index (χ1) is 7.45. The Bertz CT molecular complexity index is 417. The minimum absolute atomic E-state index is 0.0841. The van der Waals surface area contributed by atoms with E-state index in [-0.39, 0.29) is 6.04 Å². The van der Waals surface area contributed by atoms with E-state index in [4.69, 9.17) is 0 Å². The highest BCUT2D eigenvalue weighted by Gasteiger charge is 2.24. The van der Waals surface area contributed by atoms with Gasteiger partial charge >= 0.3 is 0 Å². The Hall–Kier alpha value is -0.940. The highest BCUT2D eigenvalue weighted by Crippen LogP contribution is 2.10. The summed E-state index contributed by atoms with van der Waals surface area (Å²) in [4.78, 5) is 4.02. The summed E-state index contributed by atoms with van der Waals surface area (Å²) in [6.07, 6.45) is 5.40. The van der Waals surface area contributed by atoms with E-state index in [1.807, 2.05) is 12.1 Å². The monoisotopic (exact) mass is 242 g/mol. The van der Waals surface area contributed by atoms with E-state index in [0.29, 0.717) is 6.42 Å². The summed E-state index contributed by atoms with van der Waals surface area (Å²) in [5.74, 6) is 0. The number of sulfone groups is 1. The summed E-state index contributed by atoms with van der Waals surface area (Å²) in [6, 6.07) is 3.72. The first-order valence-electron chi connectivity index (χ1n) is 5.20. The maximum Gasteiger partial charge on any atom is 0.151 e. The van der Waals surface area contributed by atoms with Gasteiger partial charge in [-0.25, -0.2) is 8.42 Å². The molecule has 90 valence electrons. The van der Waals surface area contributed by atoms with Crippen molar-refractivity contribution in [1.82, 2.24) is 10.3 Å². The van der Waals surface area contributed by atoms with Crippen molar-refractivity contribution in [3.05, 3.63) is 30.1 Å². The SMILES string of the molecule is CNC(Cc1cccnc1)C(C)S(C)(=O)=O. The zero-order valence-corrected chi connectivity index (χ0v) is 10.7. The van der Waals surface area contributed by atoms with Gasteiger partial charge < -0.3 is 5.32 Å². The molecule has 4 nitrogen and oxygen atoms in total. The molecule has 0 aliphatic carbocycles. The Morgan fingerprint density at radius 1 is 1.50 bits per heavy atom. The molecule has 0 aromatic carbocycles. The molecule has 0 aliphatic rings. The largest absolute Gasteiger partial charge is 0.315 e. The Kier molecular flexibility index (Phi) is 4.44. The van der Waals surface area contributed by atoms with Gasteiger partial charge in [-0.1, -0.05) is 6.07 Å². The highest BCUT2D eigenvalue weighted by atomic mass is 32.2. The first kappa shape index (κ1) is 13.1. The number of nitrogens with zero attached hydrogens (tertiary/aromatic N) is 1. The van der Waals surface area contributed by atoms with Gasteiger partial charge in [0.15, 0.2) is 9.84 Å². The second-order valence-electron chi connectivity index (χ2n) is 4.00. The molecular weight excluding hydrogens is 224 g/mol. The van der Waals surface area contributed by atoms with Crippen LogP contribution >= 0.6 is 0 Å². The van der Waals surface area contributed by atoms with Crippen LogP contribution in [0.4, 0.5) is 0 Å². The smallest absolute Gasteiger partial charge is 0.151 e. The predicted octanol–water partition coefficient (Wildman–Crippen LogP) is 0.645. The summed E-state index contributed by atoms with van der Waals surface area (Å²) in [6.45, 7) is 1.73. The van der Waals surface area contributed by atoms with Gasteiger partial charge in [-0.2, -0.15) is 0 Å². The number of hydrogen-bond acceptors (Lipinski definition) is 4. The molecule has 0 fully saturated rings. The minimum Gasteiger partial charge on any atom is -0.315 e. The van der Waals surface area contributed by atoms with Crippen molar-refractivity contribution in [1.29, 1.82) is 0 Å². The molecule has 1 aromatic rings. The van der Waals surface area contributed by atoms with Gasteiger partial charge in [0.25, 0.3) is 0 Å². The zero-order valence-electron chi connectivity index (χ0n) is 9.84. The van der Waals surface area contributed by atoms with E-state index in [1.165, 1.54) is 6.26 Å². The standard InChI is InChI=1S/C11H18N2O2S/c1-9(16(3,14)15)11(12-2)7-10-5-4-6-13-8-10/h4-6,8-9,11-12H,7H2,1-3H3. The van der Waals surface area contributed by atoms with Crippen molar-refractivity contribution >= 4 is 9.84 Å². The van der Waals surface area contributed by atoms with Crippen LogP contribution in [0.15, 0.2) is 24.5 Å². The molecule has 2 atom stereocenters. The summed E-state index contributed by atoms with van der Waals surface area (Å²) in [7, 11) is -1.24. The Morgan fingerprint density at radius 2 is 2.19 bits per heavy atom. The van der Waals surface area contributed by atoms with Gasteiger partial charge in [-0.15, -0.1) is 0 Å². The molecule has 0 radical (unpaired) electrons. The predicted molar refractivity (Wildman–Crippen MR) is 65.1 cm³/mol. The van der Waals surface area contributed by atoms with E-state index >= 15 is 0 Å². The van der Waals surface area contributed by atoms with Gasteiger partial charge in [0, 0.05) is 24.7 Å². The van der Waals surface area contributed by atoms with Gasteiger partial charge in [-0.05, 0) is 32.0 Å². The summed E-state index contributed by atoms with van der Waals surface area (Å²) in [5.41, 5.74) is 1.04. The first-order valence-corrected chi connectivity index (χ1v) is 7.15. The third-order valence-electron chi connectivity index (χ3n) is 2.79. The van der Waals surface area contributed by atoms with Gasteiger partial charge in [0.05, 0.1) is 5.25 Å². The number of hydrogen-bond donors (Lipinski definition) is 1. The van der Waals surface area contributed by atoms with Crippen molar-refractivity contribution in [3.63, 3.8) is 0 Å². The van der Waals surface area contributed by atoms with Crippen LogP contribution in [-0.2, 0) is 16.3 Å². The average Bonchev–Trinajstić information content (AvgIpc) is 2.25.